The number of hydrogen-bond acceptors (Lipinski definition) is 5. The summed E-state index contributed by atoms with van der Waals surface area (Å²) in [6, 6.07) is 18.8. The Morgan fingerprint density at radius 2 is 1.75 bits per heavy atom. The molecule has 0 aliphatic rings. The zero-order valence-electron chi connectivity index (χ0n) is 16.5. The van der Waals surface area contributed by atoms with E-state index in [1.807, 2.05) is 19.2 Å². The molecule has 0 saturated carbocycles. The number of benzene rings is 2. The van der Waals surface area contributed by atoms with Crippen molar-refractivity contribution in [3.05, 3.63) is 78.5 Å². The fourth-order valence-corrected chi connectivity index (χ4v) is 3.51. The van der Waals surface area contributed by atoms with Crippen molar-refractivity contribution in [3.8, 4) is 11.1 Å². The van der Waals surface area contributed by atoms with Crippen LogP contribution in [0.4, 0.5) is 5.82 Å². The summed E-state index contributed by atoms with van der Waals surface area (Å²) in [5.41, 5.74) is 4.65. The lowest BCUT2D eigenvalue weighted by Crippen LogP contribution is -2.17. The summed E-state index contributed by atoms with van der Waals surface area (Å²) in [6.45, 7) is 1.55. The minimum Gasteiger partial charge on any atom is -0.467 e. The molecule has 0 fully saturated rings. The van der Waals surface area contributed by atoms with E-state index in [2.05, 4.69) is 76.3 Å². The molecule has 2 aromatic heterocycles. The molecule has 4 aromatic rings. The van der Waals surface area contributed by atoms with Crippen LogP contribution in [0.2, 0.25) is 0 Å². The van der Waals surface area contributed by atoms with Crippen molar-refractivity contribution < 1.29 is 4.42 Å². The summed E-state index contributed by atoms with van der Waals surface area (Å²) in [6.07, 6.45) is 3.32. The molecule has 2 heterocycles. The molecule has 0 N–H and O–H groups in total. The van der Waals surface area contributed by atoms with Gasteiger partial charge in [-0.1, -0.05) is 30.3 Å². The maximum Gasteiger partial charge on any atom is 0.140 e. The van der Waals surface area contributed by atoms with E-state index in [1.165, 1.54) is 16.7 Å². The molecule has 5 nitrogen and oxygen atoms in total. The zero-order chi connectivity index (χ0) is 19.5. The van der Waals surface area contributed by atoms with Crippen LogP contribution in [0, 0.1) is 0 Å². The molecule has 0 unspecified atom stereocenters. The lowest BCUT2D eigenvalue weighted by molar-refractivity contribution is 0.403. The second-order valence-electron chi connectivity index (χ2n) is 7.26. The highest BCUT2D eigenvalue weighted by Crippen LogP contribution is 2.31. The highest BCUT2D eigenvalue weighted by atomic mass is 16.3. The Morgan fingerprint density at radius 3 is 2.54 bits per heavy atom. The average molecular weight is 372 g/mol. The summed E-state index contributed by atoms with van der Waals surface area (Å²) in [7, 11) is 6.20. The Hall–Kier alpha value is -3.18. The molecule has 0 aliphatic carbocycles. The third-order valence-electron chi connectivity index (χ3n) is 4.76. The molecule has 28 heavy (non-hydrogen) atoms. The summed E-state index contributed by atoms with van der Waals surface area (Å²) in [4.78, 5) is 13.3. The van der Waals surface area contributed by atoms with Crippen molar-refractivity contribution in [3.63, 3.8) is 0 Å². The first-order chi connectivity index (χ1) is 13.6. The molecular formula is C23H24N4O. The van der Waals surface area contributed by atoms with Crippen LogP contribution in [0.1, 0.15) is 11.3 Å². The van der Waals surface area contributed by atoms with E-state index in [-0.39, 0.29) is 0 Å². The average Bonchev–Trinajstić information content (AvgIpc) is 3.20. The first-order valence-corrected chi connectivity index (χ1v) is 9.33. The van der Waals surface area contributed by atoms with Gasteiger partial charge >= 0.3 is 0 Å². The van der Waals surface area contributed by atoms with Crippen molar-refractivity contribution in [2.75, 3.05) is 26.0 Å². The minimum absolute atomic E-state index is 0.653. The van der Waals surface area contributed by atoms with Crippen LogP contribution in [-0.2, 0) is 13.1 Å². The van der Waals surface area contributed by atoms with Gasteiger partial charge in [0.2, 0.25) is 0 Å². The van der Waals surface area contributed by atoms with E-state index < -0.39 is 0 Å². The number of hydrogen-bond donors (Lipinski definition) is 0. The Kier molecular flexibility index (Phi) is 5.08. The second kappa shape index (κ2) is 7.82. The first-order valence-electron chi connectivity index (χ1n) is 9.33. The van der Waals surface area contributed by atoms with Gasteiger partial charge in [-0.15, -0.1) is 0 Å². The SMILES string of the molecule is CN(C)Cc1ccccc1-c1ccc2ncnc(N(C)Cc3ccco3)c2c1. The second-order valence-corrected chi connectivity index (χ2v) is 7.26. The Morgan fingerprint density at radius 1 is 0.893 bits per heavy atom. The number of fused-ring (bicyclic) bond motifs is 1. The Balaban J connectivity index is 1.77. The highest BCUT2D eigenvalue weighted by molar-refractivity contribution is 5.93. The third kappa shape index (κ3) is 3.75. The largest absolute Gasteiger partial charge is 0.467 e. The van der Waals surface area contributed by atoms with Gasteiger partial charge in [0.1, 0.15) is 17.9 Å². The van der Waals surface area contributed by atoms with E-state index in [0.717, 1.165) is 29.0 Å². The van der Waals surface area contributed by atoms with Crippen LogP contribution in [-0.4, -0.2) is 36.0 Å². The predicted octanol–water partition coefficient (Wildman–Crippen LogP) is 4.59. The van der Waals surface area contributed by atoms with Crippen molar-refractivity contribution >= 4 is 16.7 Å². The van der Waals surface area contributed by atoms with E-state index >= 15 is 0 Å². The van der Waals surface area contributed by atoms with Gasteiger partial charge in [-0.3, -0.25) is 0 Å². The van der Waals surface area contributed by atoms with Crippen LogP contribution in [0.5, 0.6) is 0 Å². The van der Waals surface area contributed by atoms with Crippen molar-refractivity contribution in [2.45, 2.75) is 13.1 Å². The third-order valence-corrected chi connectivity index (χ3v) is 4.76. The van der Waals surface area contributed by atoms with Crippen LogP contribution in [0.15, 0.2) is 71.6 Å². The van der Waals surface area contributed by atoms with Crippen LogP contribution in [0.25, 0.3) is 22.0 Å². The van der Waals surface area contributed by atoms with Crippen LogP contribution in [0.3, 0.4) is 0 Å². The number of nitrogens with zero attached hydrogens (tertiary/aromatic N) is 4. The quantitative estimate of drug-likeness (QED) is 0.495. The van der Waals surface area contributed by atoms with Crippen molar-refractivity contribution in [1.82, 2.24) is 14.9 Å². The summed E-state index contributed by atoms with van der Waals surface area (Å²) >= 11 is 0. The fourth-order valence-electron chi connectivity index (χ4n) is 3.51. The van der Waals surface area contributed by atoms with Gasteiger partial charge in [-0.2, -0.15) is 0 Å². The molecule has 0 atom stereocenters. The molecule has 0 spiro atoms. The zero-order valence-corrected chi connectivity index (χ0v) is 16.5. The van der Waals surface area contributed by atoms with Crippen LogP contribution >= 0.6 is 0 Å². The number of rotatable bonds is 6. The molecule has 0 aliphatic heterocycles. The topological polar surface area (TPSA) is 45.4 Å². The molecule has 0 bridgehead atoms. The normalized spacial score (nSPS) is 11.3. The van der Waals surface area contributed by atoms with Gasteiger partial charge in [-0.25, -0.2) is 9.97 Å². The molecule has 142 valence electrons. The Labute approximate surface area is 165 Å². The predicted molar refractivity (Wildman–Crippen MR) is 113 cm³/mol. The molecular weight excluding hydrogens is 348 g/mol. The van der Waals surface area contributed by atoms with E-state index in [4.69, 9.17) is 4.42 Å². The molecule has 0 amide bonds. The lowest BCUT2D eigenvalue weighted by atomic mass is 9.98. The fraction of sp³-hybridized carbons (Fsp3) is 0.217. The van der Waals surface area contributed by atoms with Gasteiger partial charge in [0.25, 0.3) is 0 Å². The van der Waals surface area contributed by atoms with Crippen molar-refractivity contribution in [2.24, 2.45) is 0 Å². The molecule has 0 saturated heterocycles. The molecule has 4 rings (SSSR count). The summed E-state index contributed by atoms with van der Waals surface area (Å²) in [5, 5.41) is 1.04. The van der Waals surface area contributed by atoms with Gasteiger partial charge < -0.3 is 14.2 Å². The van der Waals surface area contributed by atoms with E-state index in [9.17, 15) is 0 Å². The standard InChI is InChI=1S/C23H24N4O/c1-26(2)14-18-7-4-5-9-20(18)17-10-11-22-21(13-17)23(25-16-24-22)27(3)15-19-8-6-12-28-19/h4-13,16H,14-15H2,1-3H3. The van der Waals surface area contributed by atoms with E-state index in [1.54, 1.807) is 12.6 Å². The maximum absolute atomic E-state index is 5.49. The van der Waals surface area contributed by atoms with Crippen LogP contribution < -0.4 is 4.90 Å². The maximum atomic E-state index is 5.49. The highest BCUT2D eigenvalue weighted by Gasteiger charge is 2.13. The Bertz CT molecular complexity index is 1070. The monoisotopic (exact) mass is 372 g/mol. The minimum atomic E-state index is 0.653. The number of anilines is 1. The van der Waals surface area contributed by atoms with Gasteiger partial charge in [0.15, 0.2) is 0 Å². The lowest BCUT2D eigenvalue weighted by Gasteiger charge is -2.19. The summed E-state index contributed by atoms with van der Waals surface area (Å²) in [5.74, 6) is 1.80. The first kappa shape index (κ1) is 18.2. The van der Waals surface area contributed by atoms with Crippen molar-refractivity contribution in [1.29, 1.82) is 0 Å². The smallest absolute Gasteiger partial charge is 0.140 e. The molecule has 2 aromatic carbocycles. The summed E-state index contributed by atoms with van der Waals surface area (Å²) < 4.78 is 5.49. The molecule has 5 heteroatoms. The number of aromatic nitrogens is 2. The van der Waals surface area contributed by atoms with Gasteiger partial charge in [0, 0.05) is 19.0 Å². The van der Waals surface area contributed by atoms with E-state index in [0.29, 0.717) is 6.54 Å². The molecule has 0 radical (unpaired) electrons. The van der Waals surface area contributed by atoms with Gasteiger partial charge in [0.05, 0.1) is 18.3 Å². The number of furan rings is 1. The van der Waals surface area contributed by atoms with Gasteiger partial charge in [-0.05, 0) is 55.1 Å².